The average molecular weight is 693 g/mol. The Hall–Kier alpha value is -6.56. The number of fused-ring (bicyclic) bond motifs is 16. The summed E-state index contributed by atoms with van der Waals surface area (Å²) in [6.45, 7) is 0. The highest BCUT2D eigenvalue weighted by atomic mass is 32.2. The minimum atomic E-state index is -0.497. The summed E-state index contributed by atoms with van der Waals surface area (Å²) in [5.41, 5.74) is 12.1. The van der Waals surface area contributed by atoms with Crippen molar-refractivity contribution in [3.63, 3.8) is 0 Å². The number of pyridine rings is 1. The normalized spacial score (nSPS) is 13.7. The van der Waals surface area contributed by atoms with Crippen LogP contribution in [0.2, 0.25) is 0 Å². The number of rotatable bonds is 2. The largest absolute Gasteiger partial charge is 0.277 e. The third-order valence-electron chi connectivity index (χ3n) is 11.3. The molecule has 4 nitrogen and oxygen atoms in total. The van der Waals surface area contributed by atoms with Crippen molar-refractivity contribution in [3.05, 3.63) is 192 Å². The first-order valence-corrected chi connectivity index (χ1v) is 18.8. The van der Waals surface area contributed by atoms with E-state index in [2.05, 4.69) is 156 Å². The lowest BCUT2D eigenvalue weighted by molar-refractivity contribution is 0.724. The zero-order valence-corrected chi connectivity index (χ0v) is 29.2. The Morgan fingerprint density at radius 1 is 0.509 bits per heavy atom. The molecule has 12 rings (SSSR count). The molecule has 0 amide bonds. The summed E-state index contributed by atoms with van der Waals surface area (Å²) < 4.78 is 2.32. The molecular formula is C48H28N4S. The number of hydrogen-bond donors (Lipinski definition) is 0. The highest BCUT2D eigenvalue weighted by molar-refractivity contribution is 7.99. The summed E-state index contributed by atoms with van der Waals surface area (Å²) in [5.74, 6) is 0.611. The van der Waals surface area contributed by atoms with E-state index in [1.54, 1.807) is 0 Å². The van der Waals surface area contributed by atoms with Gasteiger partial charge in [0.25, 0.3) is 0 Å². The van der Waals surface area contributed by atoms with E-state index in [4.69, 9.17) is 15.0 Å². The summed E-state index contributed by atoms with van der Waals surface area (Å²) in [7, 11) is 0. The van der Waals surface area contributed by atoms with Crippen LogP contribution in [0.3, 0.4) is 0 Å². The van der Waals surface area contributed by atoms with Gasteiger partial charge in [0.15, 0.2) is 5.65 Å². The highest BCUT2D eigenvalue weighted by Crippen LogP contribution is 2.63. The summed E-state index contributed by atoms with van der Waals surface area (Å²) in [6.07, 6.45) is 1.82. The van der Waals surface area contributed by atoms with Gasteiger partial charge in [-0.15, -0.1) is 0 Å². The molecule has 0 radical (unpaired) electrons. The van der Waals surface area contributed by atoms with E-state index in [-0.39, 0.29) is 0 Å². The number of aromatic nitrogens is 4. The van der Waals surface area contributed by atoms with Crippen LogP contribution in [0.4, 0.5) is 0 Å². The topological polar surface area (TPSA) is 43.6 Å². The molecule has 0 fully saturated rings. The van der Waals surface area contributed by atoms with E-state index in [0.717, 1.165) is 27.7 Å². The van der Waals surface area contributed by atoms with Crippen molar-refractivity contribution in [1.82, 2.24) is 19.5 Å². The highest BCUT2D eigenvalue weighted by Gasteiger charge is 2.50. The number of hydrogen-bond acceptors (Lipinski definition) is 4. The molecule has 7 aromatic carbocycles. The number of nitrogens with zero attached hydrogens (tertiary/aromatic N) is 4. The van der Waals surface area contributed by atoms with E-state index in [1.165, 1.54) is 64.7 Å². The Morgan fingerprint density at radius 2 is 1.21 bits per heavy atom. The van der Waals surface area contributed by atoms with Crippen LogP contribution in [-0.4, -0.2) is 19.5 Å². The van der Waals surface area contributed by atoms with Gasteiger partial charge in [0, 0.05) is 37.7 Å². The molecular weight excluding hydrogens is 665 g/mol. The van der Waals surface area contributed by atoms with Gasteiger partial charge in [-0.3, -0.25) is 4.57 Å². The van der Waals surface area contributed by atoms with Crippen molar-refractivity contribution in [2.75, 3.05) is 0 Å². The second kappa shape index (κ2) is 10.7. The van der Waals surface area contributed by atoms with Gasteiger partial charge in [-0.1, -0.05) is 151 Å². The van der Waals surface area contributed by atoms with E-state index in [1.807, 2.05) is 30.1 Å². The molecule has 4 heterocycles. The van der Waals surface area contributed by atoms with Gasteiger partial charge in [-0.05, 0) is 68.4 Å². The quantitative estimate of drug-likeness (QED) is 0.181. The van der Waals surface area contributed by atoms with Gasteiger partial charge in [0.2, 0.25) is 5.95 Å². The Bertz CT molecular complexity index is 3120. The lowest BCUT2D eigenvalue weighted by Crippen LogP contribution is -2.32. The predicted molar refractivity (Wildman–Crippen MR) is 216 cm³/mol. The Balaban J connectivity index is 1.28. The van der Waals surface area contributed by atoms with Gasteiger partial charge in [0.05, 0.1) is 22.1 Å². The van der Waals surface area contributed by atoms with Gasteiger partial charge < -0.3 is 0 Å². The predicted octanol–water partition coefficient (Wildman–Crippen LogP) is 11.8. The standard InChI is InChI=1S/C48H28N4S/c1-2-14-30(15-3-1)43-35-19-12-28-49-46(35)51-47(50-43)52-40-27-24-29-13-4-5-16-31(29)42(40)34-25-26-39-45(44(34)52)53-41-23-11-10-22-38(41)48(39)36-20-8-6-17-32(36)33-18-7-9-21-37(33)48/h1-28H. The van der Waals surface area contributed by atoms with E-state index in [0.29, 0.717) is 11.6 Å². The zero-order valence-electron chi connectivity index (χ0n) is 28.4. The summed E-state index contributed by atoms with van der Waals surface area (Å²) in [4.78, 5) is 18.0. The lowest BCUT2D eigenvalue weighted by atomic mass is 9.67. The molecule has 10 aromatic rings. The maximum Gasteiger partial charge on any atom is 0.237 e. The Kier molecular flexibility index (Phi) is 5.89. The van der Waals surface area contributed by atoms with E-state index < -0.39 is 5.41 Å². The monoisotopic (exact) mass is 692 g/mol. The van der Waals surface area contributed by atoms with Crippen molar-refractivity contribution in [3.8, 4) is 28.3 Å². The molecule has 1 aliphatic heterocycles. The fourth-order valence-corrected chi connectivity index (χ4v) is 10.6. The first-order valence-electron chi connectivity index (χ1n) is 18.0. The molecule has 53 heavy (non-hydrogen) atoms. The molecule has 5 heteroatoms. The SMILES string of the molecule is c1ccc(-c2nc(-n3c4ccc5ccccc5c4c4ccc5c(c43)Sc3ccccc3C53c4ccccc4-c4ccccc43)nc3ncccc23)cc1. The fraction of sp³-hybridized carbons (Fsp3) is 0.0208. The molecule has 1 aliphatic carbocycles. The summed E-state index contributed by atoms with van der Waals surface area (Å²) in [6, 6.07) is 59.3. The first kappa shape index (κ1) is 29.1. The Labute approximate surface area is 309 Å². The van der Waals surface area contributed by atoms with Crippen molar-refractivity contribution >= 4 is 55.4 Å². The van der Waals surface area contributed by atoms with Gasteiger partial charge in [0.1, 0.15) is 0 Å². The lowest BCUT2D eigenvalue weighted by Gasteiger charge is -2.40. The minimum Gasteiger partial charge on any atom is -0.277 e. The van der Waals surface area contributed by atoms with Crippen LogP contribution in [0.1, 0.15) is 22.3 Å². The van der Waals surface area contributed by atoms with Gasteiger partial charge in [-0.25, -0.2) is 9.97 Å². The molecule has 3 aromatic heterocycles. The van der Waals surface area contributed by atoms with Crippen LogP contribution >= 0.6 is 11.8 Å². The second-order valence-electron chi connectivity index (χ2n) is 13.9. The molecule has 0 saturated heterocycles. The third kappa shape index (κ3) is 3.79. The molecule has 0 unspecified atom stereocenters. The maximum absolute atomic E-state index is 5.45. The first-order chi connectivity index (χ1) is 26.3. The summed E-state index contributed by atoms with van der Waals surface area (Å²) in [5, 5.41) is 5.73. The van der Waals surface area contributed by atoms with Crippen molar-refractivity contribution in [1.29, 1.82) is 0 Å². The van der Waals surface area contributed by atoms with Crippen LogP contribution in [0.25, 0.3) is 71.9 Å². The van der Waals surface area contributed by atoms with Crippen LogP contribution in [0.5, 0.6) is 0 Å². The second-order valence-corrected chi connectivity index (χ2v) is 15.0. The fourth-order valence-electron chi connectivity index (χ4n) is 9.25. The van der Waals surface area contributed by atoms with Crippen molar-refractivity contribution in [2.24, 2.45) is 0 Å². The van der Waals surface area contributed by atoms with Gasteiger partial charge in [-0.2, -0.15) is 4.98 Å². The van der Waals surface area contributed by atoms with Crippen LogP contribution < -0.4 is 0 Å². The molecule has 0 N–H and O–H groups in total. The van der Waals surface area contributed by atoms with Crippen LogP contribution in [0, 0.1) is 0 Å². The molecule has 1 spiro atoms. The summed E-state index contributed by atoms with van der Waals surface area (Å²) >= 11 is 1.86. The molecule has 246 valence electrons. The third-order valence-corrected chi connectivity index (χ3v) is 12.5. The van der Waals surface area contributed by atoms with Crippen molar-refractivity contribution < 1.29 is 0 Å². The van der Waals surface area contributed by atoms with Gasteiger partial charge >= 0.3 is 0 Å². The van der Waals surface area contributed by atoms with E-state index in [9.17, 15) is 0 Å². The minimum absolute atomic E-state index is 0.497. The molecule has 0 saturated carbocycles. The van der Waals surface area contributed by atoms with Crippen LogP contribution in [-0.2, 0) is 5.41 Å². The van der Waals surface area contributed by atoms with Crippen molar-refractivity contribution in [2.45, 2.75) is 15.2 Å². The smallest absolute Gasteiger partial charge is 0.237 e. The molecule has 0 atom stereocenters. The maximum atomic E-state index is 5.45. The Morgan fingerprint density at radius 3 is 2.04 bits per heavy atom. The van der Waals surface area contributed by atoms with E-state index >= 15 is 0 Å². The average Bonchev–Trinajstić information content (AvgIpc) is 3.73. The number of benzene rings is 7. The zero-order chi connectivity index (χ0) is 34.7. The molecule has 0 bridgehead atoms. The van der Waals surface area contributed by atoms with Crippen LogP contribution in [0.15, 0.2) is 180 Å². The molecule has 2 aliphatic rings.